The van der Waals surface area contributed by atoms with Crippen molar-refractivity contribution in [3.63, 3.8) is 0 Å². The smallest absolute Gasteiger partial charge is 0.264 e. The zero-order valence-electron chi connectivity index (χ0n) is 19.3. The number of benzene rings is 2. The van der Waals surface area contributed by atoms with E-state index in [1.165, 1.54) is 34.8 Å². The quantitative estimate of drug-likeness (QED) is 0.550. The minimum Gasteiger partial charge on any atom is -0.474 e. The number of likely N-dealkylation sites (N-methyl/N-ethyl adjacent to an activating group) is 1. The van der Waals surface area contributed by atoms with E-state index in [9.17, 15) is 17.6 Å². The van der Waals surface area contributed by atoms with E-state index in [0.717, 1.165) is 11.6 Å². The highest BCUT2D eigenvalue weighted by molar-refractivity contribution is 7.92. The fourth-order valence-corrected chi connectivity index (χ4v) is 5.51. The molecule has 0 spiro atoms. The lowest BCUT2D eigenvalue weighted by Crippen LogP contribution is -2.44. The van der Waals surface area contributed by atoms with Crippen LogP contribution in [0, 0.1) is 12.7 Å². The maximum absolute atomic E-state index is 14.2. The lowest BCUT2D eigenvalue weighted by atomic mass is 10.2. The van der Waals surface area contributed by atoms with Crippen LogP contribution in [0.3, 0.4) is 0 Å². The molecule has 0 fully saturated rings. The standard InChI is InChI=1S/C24H24ClFN4O4S/c1-15-6-4-7-18(10-15)35(32,33)30-13-17(29(2)3)14-34-24-21(30)11-16(12-27-24)28-23(31)22-19(25)8-5-9-20(22)26/h4-12,17H,13-14H2,1-3H3,(H,28,31). The number of halogens is 2. The van der Waals surface area contributed by atoms with Gasteiger partial charge in [0.25, 0.3) is 15.9 Å². The van der Waals surface area contributed by atoms with Crippen molar-refractivity contribution >= 4 is 38.9 Å². The van der Waals surface area contributed by atoms with E-state index in [1.54, 1.807) is 12.1 Å². The van der Waals surface area contributed by atoms with Gasteiger partial charge in [0, 0.05) is 0 Å². The first-order valence-electron chi connectivity index (χ1n) is 10.7. The number of carbonyl (C=O) groups excluding carboxylic acids is 1. The van der Waals surface area contributed by atoms with E-state index in [-0.39, 0.29) is 51.9 Å². The number of rotatable bonds is 5. The first-order chi connectivity index (χ1) is 16.6. The van der Waals surface area contributed by atoms with Crippen LogP contribution in [0.1, 0.15) is 15.9 Å². The minimum atomic E-state index is -4.01. The normalized spacial score (nSPS) is 15.8. The van der Waals surface area contributed by atoms with E-state index in [2.05, 4.69) is 10.3 Å². The highest BCUT2D eigenvalue weighted by atomic mass is 35.5. The van der Waals surface area contributed by atoms with Crippen molar-refractivity contribution in [2.45, 2.75) is 17.9 Å². The summed E-state index contributed by atoms with van der Waals surface area (Å²) in [5.74, 6) is -1.46. The maximum atomic E-state index is 14.2. The second-order valence-corrected chi connectivity index (χ2v) is 10.6. The van der Waals surface area contributed by atoms with Gasteiger partial charge in [-0.25, -0.2) is 17.8 Å². The fourth-order valence-electron chi connectivity index (χ4n) is 3.67. The Morgan fingerprint density at radius 1 is 1.23 bits per heavy atom. The van der Waals surface area contributed by atoms with Gasteiger partial charge in [-0.15, -0.1) is 0 Å². The lowest BCUT2D eigenvalue weighted by Gasteiger charge is -2.28. The molecule has 2 aromatic carbocycles. The molecular weight excluding hydrogens is 495 g/mol. The number of sulfonamides is 1. The SMILES string of the molecule is Cc1cccc(S(=O)(=O)N2CC(N(C)C)COc3ncc(NC(=O)c4c(F)cccc4Cl)cc32)c1. The van der Waals surface area contributed by atoms with Crippen molar-refractivity contribution in [3.05, 3.63) is 76.7 Å². The number of nitrogens with zero attached hydrogens (tertiary/aromatic N) is 3. The number of amides is 1. The molecule has 1 atom stereocenters. The van der Waals surface area contributed by atoms with Crippen molar-refractivity contribution in [1.82, 2.24) is 9.88 Å². The van der Waals surface area contributed by atoms with Gasteiger partial charge in [0.05, 0.1) is 40.0 Å². The molecule has 4 rings (SSSR count). The average molecular weight is 519 g/mol. The van der Waals surface area contributed by atoms with Crippen molar-refractivity contribution in [2.24, 2.45) is 0 Å². The fraction of sp³-hybridized carbons (Fsp3) is 0.250. The first kappa shape index (κ1) is 24.9. The molecule has 8 nitrogen and oxygen atoms in total. The van der Waals surface area contributed by atoms with E-state index in [0.29, 0.717) is 0 Å². The molecule has 184 valence electrons. The van der Waals surface area contributed by atoms with Gasteiger partial charge >= 0.3 is 0 Å². The summed E-state index contributed by atoms with van der Waals surface area (Å²) in [6.45, 7) is 2.11. The van der Waals surface area contributed by atoms with Crippen molar-refractivity contribution in [2.75, 3.05) is 36.9 Å². The van der Waals surface area contributed by atoms with Gasteiger partial charge in [-0.2, -0.15) is 0 Å². The Bertz CT molecular complexity index is 1360. The number of nitrogens with one attached hydrogen (secondary N) is 1. The molecule has 1 aliphatic heterocycles. The zero-order valence-corrected chi connectivity index (χ0v) is 20.9. The Hall–Kier alpha value is -3.21. The maximum Gasteiger partial charge on any atom is 0.264 e. The third kappa shape index (κ3) is 5.09. The summed E-state index contributed by atoms with van der Waals surface area (Å²) in [6, 6.07) is 11.7. The molecule has 1 N–H and O–H groups in total. The molecule has 1 aliphatic rings. The number of ether oxygens (including phenoxy) is 1. The van der Waals surface area contributed by atoms with Crippen molar-refractivity contribution in [1.29, 1.82) is 0 Å². The van der Waals surface area contributed by atoms with Gasteiger partial charge in [-0.3, -0.25) is 9.10 Å². The van der Waals surface area contributed by atoms with E-state index in [1.807, 2.05) is 32.0 Å². The molecular formula is C24H24ClFN4O4S. The third-order valence-corrected chi connectivity index (χ3v) is 7.74. The number of aromatic nitrogens is 1. The summed E-state index contributed by atoms with van der Waals surface area (Å²) < 4.78 is 48.8. The number of pyridine rings is 1. The van der Waals surface area contributed by atoms with Gasteiger partial charge in [0.2, 0.25) is 5.88 Å². The van der Waals surface area contributed by atoms with E-state index < -0.39 is 21.7 Å². The molecule has 0 saturated heterocycles. The van der Waals surface area contributed by atoms with Crippen LogP contribution in [0.2, 0.25) is 5.02 Å². The Balaban J connectivity index is 1.77. The number of carbonyl (C=O) groups is 1. The Kier molecular flexibility index (Phi) is 6.98. The molecule has 1 aromatic heterocycles. The molecule has 35 heavy (non-hydrogen) atoms. The summed E-state index contributed by atoms with van der Waals surface area (Å²) in [4.78, 5) is 19.0. The van der Waals surface area contributed by atoms with Crippen LogP contribution in [0.5, 0.6) is 5.88 Å². The number of aryl methyl sites for hydroxylation is 1. The van der Waals surface area contributed by atoms with Gasteiger partial charge in [0.1, 0.15) is 18.1 Å². The molecule has 3 aromatic rings. The second kappa shape index (κ2) is 9.80. The van der Waals surface area contributed by atoms with Crippen LogP contribution in [-0.4, -0.2) is 57.5 Å². The molecule has 11 heteroatoms. The number of anilines is 2. The topological polar surface area (TPSA) is 91.8 Å². The van der Waals surface area contributed by atoms with E-state index >= 15 is 0 Å². The summed E-state index contributed by atoms with van der Waals surface area (Å²) in [6.07, 6.45) is 1.32. The van der Waals surface area contributed by atoms with Crippen molar-refractivity contribution in [3.8, 4) is 5.88 Å². The Labute approximate surface area is 208 Å². The molecule has 0 bridgehead atoms. The first-order valence-corrected chi connectivity index (χ1v) is 12.5. The molecule has 1 unspecified atom stereocenters. The summed E-state index contributed by atoms with van der Waals surface area (Å²) in [5, 5.41) is 2.50. The third-order valence-electron chi connectivity index (χ3n) is 5.65. The van der Waals surface area contributed by atoms with Crippen molar-refractivity contribution < 1.29 is 22.3 Å². The van der Waals surface area contributed by atoms with Gasteiger partial charge in [-0.1, -0.05) is 29.8 Å². The van der Waals surface area contributed by atoms with E-state index in [4.69, 9.17) is 16.3 Å². The number of fused-ring (bicyclic) bond motifs is 1. The van der Waals surface area contributed by atoms with Crippen LogP contribution in [-0.2, 0) is 10.0 Å². The monoisotopic (exact) mass is 518 g/mol. The van der Waals surface area contributed by atoms with Gasteiger partial charge in [0.15, 0.2) is 0 Å². The summed E-state index contributed by atoms with van der Waals surface area (Å²) in [5.41, 5.74) is 0.789. The van der Waals surface area contributed by atoms with Crippen LogP contribution >= 0.6 is 11.6 Å². The summed E-state index contributed by atoms with van der Waals surface area (Å²) >= 11 is 6.01. The number of hydrogen-bond acceptors (Lipinski definition) is 6. The van der Waals surface area contributed by atoms with Gasteiger partial charge < -0.3 is 15.0 Å². The predicted molar refractivity (Wildman–Crippen MR) is 132 cm³/mol. The Morgan fingerprint density at radius 2 is 1.97 bits per heavy atom. The van der Waals surface area contributed by atoms with Crippen LogP contribution in [0.4, 0.5) is 15.8 Å². The highest BCUT2D eigenvalue weighted by Crippen LogP contribution is 2.36. The lowest BCUT2D eigenvalue weighted by molar-refractivity contribution is 0.102. The molecule has 0 radical (unpaired) electrons. The molecule has 0 aliphatic carbocycles. The minimum absolute atomic E-state index is 0.0500. The molecule has 1 amide bonds. The predicted octanol–water partition coefficient (Wildman–Crippen LogP) is 3.95. The van der Waals surface area contributed by atoms with Gasteiger partial charge in [-0.05, 0) is 56.9 Å². The largest absolute Gasteiger partial charge is 0.474 e. The van der Waals surface area contributed by atoms with Crippen LogP contribution in [0.25, 0.3) is 0 Å². The Morgan fingerprint density at radius 3 is 2.66 bits per heavy atom. The molecule has 0 saturated carbocycles. The number of hydrogen-bond donors (Lipinski definition) is 1. The van der Waals surface area contributed by atoms with Crippen LogP contribution in [0.15, 0.2) is 59.6 Å². The molecule has 2 heterocycles. The zero-order chi connectivity index (χ0) is 25.3. The second-order valence-electron chi connectivity index (χ2n) is 8.38. The highest BCUT2D eigenvalue weighted by Gasteiger charge is 2.34. The summed E-state index contributed by atoms with van der Waals surface area (Å²) in [7, 11) is -0.342. The average Bonchev–Trinajstić information content (AvgIpc) is 2.99. The van der Waals surface area contributed by atoms with Crippen LogP contribution < -0.4 is 14.4 Å².